The van der Waals surface area contributed by atoms with Gasteiger partial charge in [-0.15, -0.1) is 0 Å². The number of hydrogen-bond donors (Lipinski definition) is 0. The highest BCUT2D eigenvalue weighted by Gasteiger charge is 2.11. The van der Waals surface area contributed by atoms with Crippen LogP contribution in [0.1, 0.15) is 22.3 Å². The number of Topliss-reactive ketones (excluding diaryl/α,β-unsaturated/α-hetero) is 1. The molecule has 0 aliphatic carbocycles. The summed E-state index contributed by atoms with van der Waals surface area (Å²) in [4.78, 5) is 12.0. The summed E-state index contributed by atoms with van der Waals surface area (Å²) >= 11 is 5.68. The minimum Gasteiger partial charge on any atom is -0.494 e. The maximum atomic E-state index is 13.5. The largest absolute Gasteiger partial charge is 0.494 e. The van der Waals surface area contributed by atoms with E-state index in [0.717, 1.165) is 11.6 Å². The zero-order chi connectivity index (χ0) is 15.4. The van der Waals surface area contributed by atoms with Crippen LogP contribution in [-0.4, -0.2) is 12.9 Å². The van der Waals surface area contributed by atoms with Gasteiger partial charge in [0.25, 0.3) is 0 Å². The van der Waals surface area contributed by atoms with E-state index >= 15 is 0 Å². The predicted molar refractivity (Wildman–Crippen MR) is 77.0 cm³/mol. The SMILES string of the molecule is COc1ccc(C(=O)CCc2ccc(F)c(Cl)c2)cc1F. The van der Waals surface area contributed by atoms with E-state index in [1.807, 2.05) is 0 Å². The van der Waals surface area contributed by atoms with Crippen molar-refractivity contribution in [3.8, 4) is 5.75 Å². The van der Waals surface area contributed by atoms with E-state index in [0.29, 0.717) is 6.42 Å². The number of halogens is 3. The second kappa shape index (κ2) is 6.68. The molecular weight excluding hydrogens is 298 g/mol. The Kier molecular flexibility index (Phi) is 4.91. The van der Waals surface area contributed by atoms with E-state index in [2.05, 4.69) is 0 Å². The van der Waals surface area contributed by atoms with E-state index in [-0.39, 0.29) is 28.5 Å². The molecule has 110 valence electrons. The molecule has 0 aromatic heterocycles. The molecule has 2 rings (SSSR count). The molecule has 0 N–H and O–H groups in total. The lowest BCUT2D eigenvalue weighted by Gasteiger charge is -2.05. The molecule has 2 nitrogen and oxygen atoms in total. The lowest BCUT2D eigenvalue weighted by Crippen LogP contribution is -2.02. The van der Waals surface area contributed by atoms with Crippen LogP contribution in [0.2, 0.25) is 5.02 Å². The normalized spacial score (nSPS) is 10.5. The number of carbonyl (C=O) groups excluding carboxylic acids is 1. The van der Waals surface area contributed by atoms with E-state index < -0.39 is 11.6 Å². The summed E-state index contributed by atoms with van der Waals surface area (Å²) < 4.78 is 31.4. The lowest BCUT2D eigenvalue weighted by atomic mass is 10.0. The van der Waals surface area contributed by atoms with Crippen molar-refractivity contribution >= 4 is 17.4 Å². The molecule has 0 heterocycles. The lowest BCUT2D eigenvalue weighted by molar-refractivity contribution is 0.0982. The molecule has 0 aliphatic rings. The first kappa shape index (κ1) is 15.4. The highest BCUT2D eigenvalue weighted by Crippen LogP contribution is 2.20. The Morgan fingerprint density at radius 1 is 1.14 bits per heavy atom. The van der Waals surface area contributed by atoms with Crippen LogP contribution in [0.4, 0.5) is 8.78 Å². The van der Waals surface area contributed by atoms with Crippen molar-refractivity contribution in [2.45, 2.75) is 12.8 Å². The summed E-state index contributed by atoms with van der Waals surface area (Å²) in [6.45, 7) is 0. The van der Waals surface area contributed by atoms with Crippen molar-refractivity contribution in [1.29, 1.82) is 0 Å². The Morgan fingerprint density at radius 3 is 2.52 bits per heavy atom. The summed E-state index contributed by atoms with van der Waals surface area (Å²) in [7, 11) is 1.36. The van der Waals surface area contributed by atoms with Gasteiger partial charge in [0, 0.05) is 12.0 Å². The molecular formula is C16H13ClF2O2. The van der Waals surface area contributed by atoms with Gasteiger partial charge in [-0.25, -0.2) is 8.78 Å². The first-order valence-electron chi connectivity index (χ1n) is 6.32. The van der Waals surface area contributed by atoms with Crippen molar-refractivity contribution in [3.05, 3.63) is 64.2 Å². The maximum Gasteiger partial charge on any atom is 0.165 e. The predicted octanol–water partition coefficient (Wildman–Crippen LogP) is 4.44. The minimum absolute atomic E-state index is 0.0236. The number of carbonyl (C=O) groups is 1. The number of ketones is 1. The molecule has 21 heavy (non-hydrogen) atoms. The minimum atomic E-state index is -0.576. The fourth-order valence-corrected chi connectivity index (χ4v) is 2.14. The van der Waals surface area contributed by atoms with Crippen LogP contribution in [0, 0.1) is 11.6 Å². The van der Waals surface area contributed by atoms with Gasteiger partial charge in [-0.1, -0.05) is 17.7 Å². The first-order chi connectivity index (χ1) is 10.0. The number of methoxy groups -OCH3 is 1. The summed E-state index contributed by atoms with van der Waals surface area (Å²) in [6.07, 6.45) is 0.597. The molecule has 0 radical (unpaired) electrons. The molecule has 0 amide bonds. The van der Waals surface area contributed by atoms with Gasteiger partial charge in [-0.2, -0.15) is 0 Å². The number of aryl methyl sites for hydroxylation is 1. The Balaban J connectivity index is 2.04. The van der Waals surface area contributed by atoms with Crippen LogP contribution in [-0.2, 0) is 6.42 Å². The van der Waals surface area contributed by atoms with E-state index in [1.165, 1.54) is 31.4 Å². The van der Waals surface area contributed by atoms with Gasteiger partial charge in [-0.3, -0.25) is 4.79 Å². The third-order valence-corrected chi connectivity index (χ3v) is 3.39. The Bertz CT molecular complexity index is 671. The molecule has 0 bridgehead atoms. The Morgan fingerprint density at radius 2 is 1.90 bits per heavy atom. The molecule has 2 aromatic rings. The Labute approximate surface area is 126 Å². The molecule has 5 heteroatoms. The molecule has 0 fully saturated rings. The number of hydrogen-bond acceptors (Lipinski definition) is 2. The van der Waals surface area contributed by atoms with Crippen LogP contribution in [0.15, 0.2) is 36.4 Å². The second-order valence-electron chi connectivity index (χ2n) is 4.52. The fraction of sp³-hybridized carbons (Fsp3) is 0.188. The van der Waals surface area contributed by atoms with Gasteiger partial charge in [0.2, 0.25) is 0 Å². The van der Waals surface area contributed by atoms with Gasteiger partial charge < -0.3 is 4.74 Å². The summed E-state index contributed by atoms with van der Waals surface area (Å²) in [5, 5.41) is 0.0236. The van der Waals surface area contributed by atoms with Crippen molar-refractivity contribution in [3.63, 3.8) is 0 Å². The van der Waals surface area contributed by atoms with Gasteiger partial charge in [0.15, 0.2) is 17.3 Å². The molecule has 0 aliphatic heterocycles. The molecule has 0 saturated heterocycles. The summed E-state index contributed by atoms with van der Waals surface area (Å²) in [5.41, 5.74) is 1.03. The van der Waals surface area contributed by atoms with Crippen molar-refractivity contribution < 1.29 is 18.3 Å². The van der Waals surface area contributed by atoms with Gasteiger partial charge >= 0.3 is 0 Å². The van der Waals surface area contributed by atoms with E-state index in [9.17, 15) is 13.6 Å². The maximum absolute atomic E-state index is 13.5. The third kappa shape index (κ3) is 3.79. The zero-order valence-corrected chi connectivity index (χ0v) is 12.1. The summed E-state index contributed by atoms with van der Waals surface area (Å²) in [6, 6.07) is 8.40. The Hall–Kier alpha value is -1.94. The number of ether oxygens (including phenoxy) is 1. The quantitative estimate of drug-likeness (QED) is 0.763. The van der Waals surface area contributed by atoms with Crippen LogP contribution in [0.5, 0.6) is 5.75 Å². The highest BCUT2D eigenvalue weighted by molar-refractivity contribution is 6.30. The number of rotatable bonds is 5. The molecule has 2 aromatic carbocycles. The van der Waals surface area contributed by atoms with Crippen LogP contribution in [0.25, 0.3) is 0 Å². The molecule has 0 unspecified atom stereocenters. The zero-order valence-electron chi connectivity index (χ0n) is 11.3. The first-order valence-corrected chi connectivity index (χ1v) is 6.69. The van der Waals surface area contributed by atoms with Crippen molar-refractivity contribution in [2.24, 2.45) is 0 Å². The van der Waals surface area contributed by atoms with Gasteiger partial charge in [0.05, 0.1) is 12.1 Å². The van der Waals surface area contributed by atoms with Crippen molar-refractivity contribution in [1.82, 2.24) is 0 Å². The molecule has 0 spiro atoms. The van der Waals surface area contributed by atoms with Crippen molar-refractivity contribution in [2.75, 3.05) is 7.11 Å². The van der Waals surface area contributed by atoms with Crippen LogP contribution < -0.4 is 4.74 Å². The molecule has 0 saturated carbocycles. The number of benzene rings is 2. The van der Waals surface area contributed by atoms with Gasteiger partial charge in [-0.05, 0) is 42.3 Å². The average molecular weight is 311 g/mol. The average Bonchev–Trinajstić information content (AvgIpc) is 2.48. The van der Waals surface area contributed by atoms with Crippen LogP contribution >= 0.6 is 11.6 Å². The van der Waals surface area contributed by atoms with Crippen LogP contribution in [0.3, 0.4) is 0 Å². The smallest absolute Gasteiger partial charge is 0.165 e. The second-order valence-corrected chi connectivity index (χ2v) is 4.93. The van der Waals surface area contributed by atoms with E-state index in [1.54, 1.807) is 6.07 Å². The highest BCUT2D eigenvalue weighted by atomic mass is 35.5. The summed E-state index contributed by atoms with van der Waals surface area (Å²) in [5.74, 6) is -1.17. The monoisotopic (exact) mass is 310 g/mol. The van der Waals surface area contributed by atoms with Gasteiger partial charge in [0.1, 0.15) is 5.82 Å². The third-order valence-electron chi connectivity index (χ3n) is 3.10. The fourth-order valence-electron chi connectivity index (χ4n) is 1.94. The standard InChI is InChI=1S/C16H13ClF2O2/c1-21-16-7-4-11(9-14(16)19)15(20)6-3-10-2-5-13(18)12(17)8-10/h2,4-5,7-9H,3,6H2,1H3. The topological polar surface area (TPSA) is 26.3 Å². The molecule has 0 atom stereocenters. The van der Waals surface area contributed by atoms with E-state index in [4.69, 9.17) is 16.3 Å².